The number of nitrogens with zero attached hydrogens (tertiary/aromatic N) is 3. The van der Waals surface area contributed by atoms with E-state index in [0.29, 0.717) is 32.0 Å². The van der Waals surface area contributed by atoms with Crippen molar-refractivity contribution in [2.75, 3.05) is 31.2 Å². The largest absolute Gasteiger partial charge is 0.486 e. The molecule has 1 unspecified atom stereocenters. The molecular formula is C30H30N4O5S. The van der Waals surface area contributed by atoms with Gasteiger partial charge in [0.05, 0.1) is 29.9 Å². The molecule has 4 aromatic rings. The van der Waals surface area contributed by atoms with Crippen molar-refractivity contribution in [3.8, 4) is 17.2 Å². The van der Waals surface area contributed by atoms with Crippen LogP contribution in [0.15, 0.2) is 66.7 Å². The summed E-state index contributed by atoms with van der Waals surface area (Å²) in [6.45, 7) is 5.18. The van der Waals surface area contributed by atoms with E-state index in [9.17, 15) is 9.59 Å². The number of aromatic nitrogens is 2. The quantitative estimate of drug-likeness (QED) is 0.321. The van der Waals surface area contributed by atoms with E-state index < -0.39 is 4.75 Å². The van der Waals surface area contributed by atoms with E-state index in [4.69, 9.17) is 19.2 Å². The average Bonchev–Trinajstić information content (AvgIpc) is 3.41. The number of hydrogen-bond acceptors (Lipinski definition) is 8. The summed E-state index contributed by atoms with van der Waals surface area (Å²) in [5.74, 6) is 2.79. The number of ether oxygens (including phenoxy) is 3. The monoisotopic (exact) mass is 558 g/mol. The Morgan fingerprint density at radius 2 is 1.77 bits per heavy atom. The van der Waals surface area contributed by atoms with Gasteiger partial charge in [-0.05, 0) is 67.1 Å². The first-order valence-electron chi connectivity index (χ1n) is 13.2. The molecule has 1 atom stereocenters. The lowest BCUT2D eigenvalue weighted by atomic mass is 9.99. The van der Waals surface area contributed by atoms with Gasteiger partial charge in [-0.3, -0.25) is 14.9 Å². The van der Waals surface area contributed by atoms with Crippen LogP contribution in [0, 0.1) is 0 Å². The minimum Gasteiger partial charge on any atom is -0.486 e. The Kier molecular flexibility index (Phi) is 7.12. The van der Waals surface area contributed by atoms with Crippen LogP contribution in [0.5, 0.6) is 17.2 Å². The van der Waals surface area contributed by atoms with E-state index in [1.54, 1.807) is 6.92 Å². The van der Waals surface area contributed by atoms with Crippen molar-refractivity contribution in [2.45, 2.75) is 24.7 Å². The van der Waals surface area contributed by atoms with Gasteiger partial charge in [-0.25, -0.2) is 4.98 Å². The van der Waals surface area contributed by atoms with Crippen LogP contribution >= 0.6 is 11.8 Å². The number of imidazole rings is 1. The van der Waals surface area contributed by atoms with Crippen LogP contribution in [0.1, 0.15) is 18.3 Å². The lowest BCUT2D eigenvalue weighted by Crippen LogP contribution is -2.36. The summed E-state index contributed by atoms with van der Waals surface area (Å²) >= 11 is 1.04. The fourth-order valence-electron chi connectivity index (χ4n) is 5.01. The molecule has 206 valence electrons. The summed E-state index contributed by atoms with van der Waals surface area (Å²) in [5, 5.41) is 2.06. The summed E-state index contributed by atoms with van der Waals surface area (Å²) in [7, 11) is 1.97. The van der Waals surface area contributed by atoms with Gasteiger partial charge < -0.3 is 23.7 Å². The number of aryl methyl sites for hydroxylation is 1. The normalized spacial score (nSPS) is 19.2. The van der Waals surface area contributed by atoms with Gasteiger partial charge in [-0.1, -0.05) is 24.3 Å². The van der Waals surface area contributed by atoms with Gasteiger partial charge in [0.1, 0.15) is 28.7 Å². The van der Waals surface area contributed by atoms with Crippen molar-refractivity contribution in [1.29, 1.82) is 0 Å². The number of imide groups is 1. The van der Waals surface area contributed by atoms with Gasteiger partial charge in [-0.15, -0.1) is 0 Å². The Hall–Kier alpha value is -4.02. The summed E-state index contributed by atoms with van der Waals surface area (Å²) in [4.78, 5) is 30.8. The minimum atomic E-state index is -0.792. The number of amides is 2. The van der Waals surface area contributed by atoms with Crippen molar-refractivity contribution in [3.05, 3.63) is 78.1 Å². The molecule has 6 rings (SSSR count). The van der Waals surface area contributed by atoms with Gasteiger partial charge in [0.25, 0.3) is 5.24 Å². The number of benzene rings is 3. The number of hydrogen-bond donors (Lipinski definition) is 1. The number of fused-ring (bicyclic) bond motifs is 1. The number of rotatable bonds is 8. The van der Waals surface area contributed by atoms with Crippen molar-refractivity contribution >= 4 is 39.6 Å². The van der Waals surface area contributed by atoms with Gasteiger partial charge in [0.2, 0.25) is 5.91 Å². The maximum absolute atomic E-state index is 12.1. The average molecular weight is 559 g/mol. The predicted molar refractivity (Wildman–Crippen MR) is 154 cm³/mol. The number of anilines is 1. The second kappa shape index (κ2) is 10.9. The zero-order valence-electron chi connectivity index (χ0n) is 22.4. The number of nitrogens with one attached hydrogen (secondary N) is 1. The molecule has 2 aliphatic heterocycles. The molecule has 3 heterocycles. The Morgan fingerprint density at radius 1 is 1.02 bits per heavy atom. The Balaban J connectivity index is 1.13. The second-order valence-electron chi connectivity index (χ2n) is 10.1. The van der Waals surface area contributed by atoms with E-state index >= 15 is 0 Å². The highest BCUT2D eigenvalue weighted by atomic mass is 32.2. The van der Waals surface area contributed by atoms with Crippen LogP contribution in [-0.4, -0.2) is 51.7 Å². The van der Waals surface area contributed by atoms with Crippen LogP contribution in [-0.2, 0) is 29.6 Å². The molecule has 0 aliphatic carbocycles. The lowest BCUT2D eigenvalue weighted by molar-refractivity contribution is -0.121. The fraction of sp³-hybridized carbons (Fsp3) is 0.300. The number of para-hydroxylation sites is 2. The molecule has 2 fully saturated rings. The van der Waals surface area contributed by atoms with E-state index in [0.717, 1.165) is 64.5 Å². The highest BCUT2D eigenvalue weighted by molar-refractivity contribution is 8.16. The molecule has 1 aromatic heterocycles. The summed E-state index contributed by atoms with van der Waals surface area (Å²) in [6.07, 6.45) is 0.460. The number of carbonyl (C=O) groups excluding carboxylic acids is 2. The van der Waals surface area contributed by atoms with Crippen LogP contribution < -0.4 is 19.7 Å². The van der Waals surface area contributed by atoms with E-state index in [2.05, 4.69) is 16.3 Å². The topological polar surface area (TPSA) is 94.9 Å². The van der Waals surface area contributed by atoms with Gasteiger partial charge in [0, 0.05) is 26.2 Å². The Morgan fingerprint density at radius 3 is 2.52 bits per heavy atom. The molecule has 2 amide bonds. The highest BCUT2D eigenvalue weighted by Gasteiger charge is 2.43. The minimum absolute atomic E-state index is 0.250. The first-order chi connectivity index (χ1) is 19.4. The number of thioether (sulfide) groups is 1. The van der Waals surface area contributed by atoms with Crippen molar-refractivity contribution in [1.82, 2.24) is 14.9 Å². The molecule has 0 bridgehead atoms. The first-order valence-corrected chi connectivity index (χ1v) is 14.0. The lowest BCUT2D eigenvalue weighted by Gasteiger charge is -2.30. The highest BCUT2D eigenvalue weighted by Crippen LogP contribution is 2.36. The maximum Gasteiger partial charge on any atom is 0.286 e. The smallest absolute Gasteiger partial charge is 0.286 e. The first kappa shape index (κ1) is 26.2. The summed E-state index contributed by atoms with van der Waals surface area (Å²) in [6, 6.07) is 21.6. The zero-order valence-corrected chi connectivity index (χ0v) is 23.2. The van der Waals surface area contributed by atoms with Crippen molar-refractivity contribution < 1.29 is 23.8 Å². The molecule has 0 saturated carbocycles. The SMILES string of the molecule is Cn1c(COc2ccc(CC3(C)SC(=O)NC3=O)cc2)nc2ccc(Oc3ccccc3N3CCOCC3)cc21. The predicted octanol–water partition coefficient (Wildman–Crippen LogP) is 5.07. The molecule has 10 heteroatoms. The third-order valence-corrected chi connectivity index (χ3v) is 8.30. The van der Waals surface area contributed by atoms with E-state index in [-0.39, 0.29) is 11.1 Å². The molecule has 0 radical (unpaired) electrons. The molecular weight excluding hydrogens is 528 g/mol. The standard InChI is InChI=1S/C30H30N4O5S/c1-30(28(35)32-29(36)40-30)18-20-7-9-21(10-8-20)38-19-27-31-23-12-11-22(17-25(23)33(27)2)39-26-6-4-3-5-24(26)34-13-15-37-16-14-34/h3-12,17H,13-16,18-19H2,1-2H3,(H,32,35,36). The van der Waals surface area contributed by atoms with Gasteiger partial charge >= 0.3 is 0 Å². The van der Waals surface area contributed by atoms with Crippen LogP contribution in [0.2, 0.25) is 0 Å². The summed E-state index contributed by atoms with van der Waals surface area (Å²) < 4.78 is 19.1. The van der Waals surface area contributed by atoms with Gasteiger partial charge in [-0.2, -0.15) is 0 Å². The number of morpholine rings is 1. The van der Waals surface area contributed by atoms with Crippen LogP contribution in [0.25, 0.3) is 11.0 Å². The molecule has 9 nitrogen and oxygen atoms in total. The number of carbonyl (C=O) groups is 2. The van der Waals surface area contributed by atoms with Crippen LogP contribution in [0.3, 0.4) is 0 Å². The Bertz CT molecular complexity index is 1560. The summed E-state index contributed by atoms with van der Waals surface area (Å²) in [5.41, 5.74) is 3.83. The third-order valence-electron chi connectivity index (χ3n) is 7.24. The van der Waals surface area contributed by atoms with Crippen LogP contribution in [0.4, 0.5) is 10.5 Å². The molecule has 2 aliphatic rings. The van der Waals surface area contributed by atoms with Crippen molar-refractivity contribution in [2.24, 2.45) is 7.05 Å². The zero-order chi connectivity index (χ0) is 27.7. The molecule has 1 N–H and O–H groups in total. The molecule has 3 aromatic carbocycles. The molecule has 0 spiro atoms. The van der Waals surface area contributed by atoms with E-state index in [1.165, 1.54) is 0 Å². The third kappa shape index (κ3) is 5.37. The molecule has 40 heavy (non-hydrogen) atoms. The van der Waals surface area contributed by atoms with Gasteiger partial charge in [0.15, 0.2) is 5.75 Å². The maximum atomic E-state index is 12.1. The van der Waals surface area contributed by atoms with Crippen molar-refractivity contribution in [3.63, 3.8) is 0 Å². The molecule has 2 saturated heterocycles. The Labute approximate surface area is 236 Å². The fourth-order valence-corrected chi connectivity index (χ4v) is 5.94. The van der Waals surface area contributed by atoms with E-state index in [1.807, 2.05) is 72.3 Å². The second-order valence-corrected chi connectivity index (χ2v) is 11.6.